The van der Waals surface area contributed by atoms with Crippen molar-refractivity contribution in [2.24, 2.45) is 0 Å². The molecule has 0 saturated heterocycles. The number of fused-ring (bicyclic) bond motifs is 1. The van der Waals surface area contributed by atoms with Gasteiger partial charge in [-0.25, -0.2) is 9.78 Å². The Kier molecular flexibility index (Phi) is 5.73. The van der Waals surface area contributed by atoms with Crippen LogP contribution in [0, 0.1) is 13.8 Å². The minimum atomic E-state index is -0.604. The first kappa shape index (κ1) is 19.5. The van der Waals surface area contributed by atoms with Crippen molar-refractivity contribution >= 4 is 23.0 Å². The van der Waals surface area contributed by atoms with Crippen molar-refractivity contribution in [3.8, 4) is 11.3 Å². The molecule has 0 spiro atoms. The van der Waals surface area contributed by atoms with Gasteiger partial charge >= 0.3 is 5.97 Å². The van der Waals surface area contributed by atoms with E-state index in [1.54, 1.807) is 17.9 Å². The van der Waals surface area contributed by atoms with Gasteiger partial charge in [0.05, 0.1) is 22.3 Å². The zero-order chi connectivity index (χ0) is 20.3. The van der Waals surface area contributed by atoms with Crippen LogP contribution in [0.4, 0.5) is 0 Å². The average Bonchev–Trinajstić information content (AvgIpc) is 3.08. The monoisotopic (exact) mass is 381 g/mol. The highest BCUT2D eigenvalue weighted by atomic mass is 16.5. The van der Waals surface area contributed by atoms with E-state index in [9.17, 15) is 9.59 Å². The van der Waals surface area contributed by atoms with Crippen LogP contribution >= 0.6 is 0 Å². The molecule has 0 atom stereocenters. The Labute approximate surface area is 163 Å². The highest BCUT2D eigenvalue weighted by Crippen LogP contribution is 2.27. The summed E-state index contributed by atoms with van der Waals surface area (Å²) in [7, 11) is 0. The zero-order valence-electron chi connectivity index (χ0n) is 16.5. The molecule has 0 radical (unpaired) electrons. The maximum atomic E-state index is 12.8. The van der Waals surface area contributed by atoms with Gasteiger partial charge in [-0.1, -0.05) is 35.0 Å². The van der Waals surface area contributed by atoms with E-state index in [-0.39, 0.29) is 23.8 Å². The lowest BCUT2D eigenvalue weighted by Crippen LogP contribution is -2.34. The molecule has 3 rings (SSSR count). The van der Waals surface area contributed by atoms with E-state index in [4.69, 9.17) is 9.26 Å². The van der Waals surface area contributed by atoms with Crippen LogP contribution in [0.5, 0.6) is 0 Å². The number of esters is 1. The van der Waals surface area contributed by atoms with Crippen molar-refractivity contribution in [3.63, 3.8) is 0 Å². The number of benzene rings is 1. The number of carbonyl (C=O) groups is 2. The summed E-state index contributed by atoms with van der Waals surface area (Å²) in [5, 5.41) is 4.41. The van der Waals surface area contributed by atoms with Gasteiger partial charge < -0.3 is 14.2 Å². The third kappa shape index (κ3) is 3.88. The normalized spacial score (nSPS) is 10.9. The van der Waals surface area contributed by atoms with Crippen LogP contribution in [0.1, 0.15) is 35.5 Å². The molecular weight excluding hydrogens is 358 g/mol. The average molecular weight is 381 g/mol. The van der Waals surface area contributed by atoms with Crippen molar-refractivity contribution in [2.75, 3.05) is 19.7 Å². The second-order valence-corrected chi connectivity index (χ2v) is 6.51. The Morgan fingerprint density at radius 2 is 1.79 bits per heavy atom. The lowest BCUT2D eigenvalue weighted by atomic mass is 10.0. The Hall–Kier alpha value is -3.22. The van der Waals surface area contributed by atoms with Crippen LogP contribution in [0.3, 0.4) is 0 Å². The fourth-order valence-electron chi connectivity index (χ4n) is 3.00. The lowest BCUT2D eigenvalue weighted by molar-refractivity contribution is -0.134. The largest absolute Gasteiger partial charge is 0.452 e. The number of aromatic nitrogens is 2. The Bertz CT molecular complexity index is 1000. The molecular formula is C21H23N3O4. The van der Waals surface area contributed by atoms with Crippen molar-refractivity contribution in [1.82, 2.24) is 15.0 Å². The van der Waals surface area contributed by atoms with E-state index in [1.165, 1.54) is 0 Å². The number of nitrogens with zero attached hydrogens (tertiary/aromatic N) is 3. The predicted molar refractivity (Wildman–Crippen MR) is 105 cm³/mol. The van der Waals surface area contributed by atoms with Gasteiger partial charge in [-0.2, -0.15) is 0 Å². The fraction of sp³-hybridized carbons (Fsp3) is 0.333. The first-order chi connectivity index (χ1) is 13.4. The molecule has 28 heavy (non-hydrogen) atoms. The number of ether oxygens (including phenoxy) is 1. The maximum absolute atomic E-state index is 12.8. The molecule has 1 amide bonds. The molecule has 0 saturated carbocycles. The van der Waals surface area contributed by atoms with E-state index < -0.39 is 5.97 Å². The van der Waals surface area contributed by atoms with E-state index >= 15 is 0 Å². The van der Waals surface area contributed by atoms with Crippen LogP contribution < -0.4 is 0 Å². The highest BCUT2D eigenvalue weighted by molar-refractivity contribution is 6.04. The van der Waals surface area contributed by atoms with Gasteiger partial charge in [0.25, 0.3) is 11.6 Å². The standard InChI is InChI=1S/C21H23N3O4/c1-5-24(6-2)18(25)12-27-21(26)16-11-17(15-9-7-13(3)8-10-15)22-20-19(16)14(4)23-28-20/h7-11H,5-6,12H2,1-4H3. The summed E-state index contributed by atoms with van der Waals surface area (Å²) in [5.41, 5.74) is 3.62. The molecule has 7 nitrogen and oxygen atoms in total. The number of hydrogen-bond donors (Lipinski definition) is 0. The molecule has 0 bridgehead atoms. The highest BCUT2D eigenvalue weighted by Gasteiger charge is 2.22. The summed E-state index contributed by atoms with van der Waals surface area (Å²) < 4.78 is 10.6. The third-order valence-electron chi connectivity index (χ3n) is 4.63. The van der Waals surface area contributed by atoms with Crippen LogP contribution in [-0.2, 0) is 9.53 Å². The molecule has 0 aliphatic carbocycles. The third-order valence-corrected chi connectivity index (χ3v) is 4.63. The van der Waals surface area contributed by atoms with Gasteiger partial charge in [0.1, 0.15) is 0 Å². The van der Waals surface area contributed by atoms with Gasteiger partial charge in [-0.15, -0.1) is 0 Å². The number of rotatable bonds is 6. The van der Waals surface area contributed by atoms with Gasteiger partial charge in [0, 0.05) is 18.7 Å². The van der Waals surface area contributed by atoms with Gasteiger partial charge in [-0.3, -0.25) is 4.79 Å². The molecule has 146 valence electrons. The molecule has 0 unspecified atom stereocenters. The second-order valence-electron chi connectivity index (χ2n) is 6.51. The minimum absolute atomic E-state index is 0.232. The zero-order valence-corrected chi connectivity index (χ0v) is 16.5. The molecule has 0 fully saturated rings. The molecule has 0 aliphatic rings. The predicted octanol–water partition coefficient (Wildman–Crippen LogP) is 3.53. The second kappa shape index (κ2) is 8.21. The maximum Gasteiger partial charge on any atom is 0.339 e. The summed E-state index contributed by atoms with van der Waals surface area (Å²) in [6, 6.07) is 9.43. The number of carbonyl (C=O) groups excluding carboxylic acids is 2. The van der Waals surface area contributed by atoms with Crippen molar-refractivity contribution < 1.29 is 18.8 Å². The van der Waals surface area contributed by atoms with Crippen LogP contribution in [0.25, 0.3) is 22.4 Å². The molecule has 2 heterocycles. The van der Waals surface area contributed by atoms with Crippen LogP contribution in [-0.4, -0.2) is 46.6 Å². The molecule has 0 N–H and O–H groups in total. The fourth-order valence-corrected chi connectivity index (χ4v) is 3.00. The number of pyridine rings is 1. The Morgan fingerprint density at radius 1 is 1.11 bits per heavy atom. The molecule has 2 aromatic heterocycles. The smallest absolute Gasteiger partial charge is 0.339 e. The number of amides is 1. The summed E-state index contributed by atoms with van der Waals surface area (Å²) in [4.78, 5) is 31.0. The van der Waals surface area contributed by atoms with Gasteiger partial charge in [0.15, 0.2) is 6.61 Å². The lowest BCUT2D eigenvalue weighted by Gasteiger charge is -2.18. The quantitative estimate of drug-likeness (QED) is 0.607. The van der Waals surface area contributed by atoms with Gasteiger partial charge in [0.2, 0.25) is 0 Å². The van der Waals surface area contributed by atoms with Crippen LogP contribution in [0.15, 0.2) is 34.9 Å². The minimum Gasteiger partial charge on any atom is -0.452 e. The van der Waals surface area contributed by atoms with E-state index in [0.29, 0.717) is 29.9 Å². The molecule has 1 aromatic carbocycles. The van der Waals surface area contributed by atoms with Crippen molar-refractivity contribution in [1.29, 1.82) is 0 Å². The summed E-state index contributed by atoms with van der Waals surface area (Å²) in [6.45, 7) is 8.30. The Balaban J connectivity index is 1.94. The topological polar surface area (TPSA) is 85.5 Å². The SMILES string of the molecule is CCN(CC)C(=O)COC(=O)c1cc(-c2ccc(C)cc2)nc2onc(C)c12. The number of aryl methyl sites for hydroxylation is 2. The van der Waals surface area contributed by atoms with E-state index in [2.05, 4.69) is 10.1 Å². The number of hydrogen-bond acceptors (Lipinski definition) is 6. The van der Waals surface area contributed by atoms with E-state index in [1.807, 2.05) is 45.0 Å². The van der Waals surface area contributed by atoms with Crippen molar-refractivity contribution in [3.05, 3.63) is 47.2 Å². The van der Waals surface area contributed by atoms with E-state index in [0.717, 1.165) is 11.1 Å². The van der Waals surface area contributed by atoms with Crippen LogP contribution in [0.2, 0.25) is 0 Å². The molecule has 7 heteroatoms. The summed E-state index contributed by atoms with van der Waals surface area (Å²) >= 11 is 0. The first-order valence-corrected chi connectivity index (χ1v) is 9.23. The molecule has 3 aromatic rings. The summed E-state index contributed by atoms with van der Waals surface area (Å²) in [5.74, 6) is -0.836. The van der Waals surface area contributed by atoms with Crippen molar-refractivity contribution in [2.45, 2.75) is 27.7 Å². The van der Waals surface area contributed by atoms with Gasteiger partial charge in [-0.05, 0) is 33.8 Å². The first-order valence-electron chi connectivity index (χ1n) is 9.23. The molecule has 0 aliphatic heterocycles. The number of likely N-dealkylation sites (N-methyl/N-ethyl adjacent to an activating group) is 1. The summed E-state index contributed by atoms with van der Waals surface area (Å²) in [6.07, 6.45) is 0. The Morgan fingerprint density at radius 3 is 2.43 bits per heavy atom.